The van der Waals surface area contributed by atoms with Gasteiger partial charge in [-0.2, -0.15) is 0 Å². The number of nitrogens with zero attached hydrogens (tertiary/aromatic N) is 5. The van der Waals surface area contributed by atoms with E-state index in [2.05, 4.69) is 15.0 Å². The highest BCUT2D eigenvalue weighted by atomic mass is 35.5. The van der Waals surface area contributed by atoms with E-state index < -0.39 is 29.9 Å². The number of alkyl halides is 1. The summed E-state index contributed by atoms with van der Waals surface area (Å²) in [7, 11) is 0. The van der Waals surface area contributed by atoms with Crippen molar-refractivity contribution in [2.75, 3.05) is 18.0 Å². The van der Waals surface area contributed by atoms with Gasteiger partial charge in [-0.15, -0.1) is 0 Å². The Morgan fingerprint density at radius 2 is 1.89 bits per heavy atom. The number of benzene rings is 1. The number of imidazole rings is 1. The molecule has 0 unspecified atom stereocenters. The summed E-state index contributed by atoms with van der Waals surface area (Å²) in [5.74, 6) is -1.10. The summed E-state index contributed by atoms with van der Waals surface area (Å²) >= 11 is 5.86. The Morgan fingerprint density at radius 3 is 2.57 bits per heavy atom. The summed E-state index contributed by atoms with van der Waals surface area (Å²) < 4.78 is 43.3. The molecule has 3 aromatic rings. The topological polar surface area (TPSA) is 72.9 Å². The maximum absolute atomic E-state index is 14.0. The normalized spacial score (nSPS) is 21.3. The molecule has 28 heavy (non-hydrogen) atoms. The minimum absolute atomic E-state index is 0.240. The van der Waals surface area contributed by atoms with Gasteiger partial charge in [0, 0.05) is 37.6 Å². The van der Waals surface area contributed by atoms with Crippen LogP contribution in [0.2, 0.25) is 5.02 Å². The summed E-state index contributed by atoms with van der Waals surface area (Å²) in [4.78, 5) is 14.8. The highest BCUT2D eigenvalue weighted by Crippen LogP contribution is 2.32. The number of hydrogen-bond donors (Lipinski definition) is 1. The van der Waals surface area contributed by atoms with Gasteiger partial charge in [-0.25, -0.2) is 28.1 Å². The number of fused-ring (bicyclic) bond motifs is 1. The fraction of sp³-hybridized carbons (Fsp3) is 0.389. The molecule has 0 aliphatic carbocycles. The number of piperidine rings is 1. The molecule has 1 aromatic carbocycles. The molecule has 2 aromatic heterocycles. The van der Waals surface area contributed by atoms with E-state index in [0.29, 0.717) is 28.9 Å². The van der Waals surface area contributed by atoms with Crippen molar-refractivity contribution in [3.63, 3.8) is 0 Å². The molecule has 3 heterocycles. The van der Waals surface area contributed by atoms with Crippen LogP contribution in [-0.4, -0.2) is 44.8 Å². The van der Waals surface area contributed by atoms with Gasteiger partial charge in [-0.1, -0.05) is 11.6 Å². The molecule has 1 aliphatic rings. The SMILES string of the molecule is C[C@H](c1ncc(Cl)cn1)n1c(N2CC[C@@H](F)[C@H](N)C2)nc2cc(F)c(F)cc21. The highest BCUT2D eigenvalue weighted by molar-refractivity contribution is 6.30. The maximum Gasteiger partial charge on any atom is 0.207 e. The third-order valence-electron chi connectivity index (χ3n) is 4.97. The van der Waals surface area contributed by atoms with Gasteiger partial charge in [0.2, 0.25) is 5.95 Å². The van der Waals surface area contributed by atoms with Crippen molar-refractivity contribution < 1.29 is 13.2 Å². The monoisotopic (exact) mass is 410 g/mol. The average Bonchev–Trinajstić information content (AvgIpc) is 3.02. The van der Waals surface area contributed by atoms with Crippen molar-refractivity contribution in [3.8, 4) is 0 Å². The predicted molar refractivity (Wildman–Crippen MR) is 100 cm³/mol. The van der Waals surface area contributed by atoms with E-state index in [1.54, 1.807) is 4.57 Å². The number of halogens is 4. The molecular formula is C18H18ClF3N6. The van der Waals surface area contributed by atoms with Crippen molar-refractivity contribution in [2.24, 2.45) is 5.73 Å². The van der Waals surface area contributed by atoms with E-state index in [4.69, 9.17) is 17.3 Å². The number of rotatable bonds is 3. The van der Waals surface area contributed by atoms with Crippen molar-refractivity contribution >= 4 is 28.6 Å². The smallest absolute Gasteiger partial charge is 0.207 e. The molecule has 0 spiro atoms. The van der Waals surface area contributed by atoms with Gasteiger partial charge in [0.1, 0.15) is 6.17 Å². The third-order valence-corrected chi connectivity index (χ3v) is 5.16. The van der Waals surface area contributed by atoms with Gasteiger partial charge >= 0.3 is 0 Å². The Hall–Kier alpha value is -2.39. The largest absolute Gasteiger partial charge is 0.340 e. The van der Waals surface area contributed by atoms with Crippen LogP contribution in [0.5, 0.6) is 0 Å². The predicted octanol–water partition coefficient (Wildman–Crippen LogP) is 3.24. The fourth-order valence-electron chi connectivity index (χ4n) is 3.47. The van der Waals surface area contributed by atoms with Crippen molar-refractivity contribution in [3.05, 3.63) is 47.0 Å². The van der Waals surface area contributed by atoms with Crippen LogP contribution in [0.4, 0.5) is 19.1 Å². The van der Waals surface area contributed by atoms with Crippen molar-refractivity contribution in [1.29, 1.82) is 0 Å². The minimum Gasteiger partial charge on any atom is -0.340 e. The quantitative estimate of drug-likeness (QED) is 0.717. The van der Waals surface area contributed by atoms with E-state index in [9.17, 15) is 13.2 Å². The van der Waals surface area contributed by atoms with E-state index in [1.165, 1.54) is 12.4 Å². The maximum atomic E-state index is 14.0. The lowest BCUT2D eigenvalue weighted by Crippen LogP contribution is -2.50. The molecule has 1 fully saturated rings. The lowest BCUT2D eigenvalue weighted by atomic mass is 10.1. The van der Waals surface area contributed by atoms with Gasteiger partial charge < -0.3 is 10.6 Å². The molecule has 1 aliphatic heterocycles. The van der Waals surface area contributed by atoms with Crippen LogP contribution in [0.15, 0.2) is 24.5 Å². The zero-order chi connectivity index (χ0) is 20.0. The van der Waals surface area contributed by atoms with Crippen LogP contribution in [-0.2, 0) is 0 Å². The summed E-state index contributed by atoms with van der Waals surface area (Å²) in [5, 5.41) is 0.385. The summed E-state index contributed by atoms with van der Waals surface area (Å²) in [6.45, 7) is 2.44. The second-order valence-electron chi connectivity index (χ2n) is 6.89. The number of aromatic nitrogens is 4. The molecule has 4 rings (SSSR count). The zero-order valence-corrected chi connectivity index (χ0v) is 15.7. The van der Waals surface area contributed by atoms with Crippen LogP contribution in [0.3, 0.4) is 0 Å². The lowest BCUT2D eigenvalue weighted by molar-refractivity contribution is 0.243. The Kier molecular flexibility index (Phi) is 4.88. The Bertz CT molecular complexity index is 1010. The number of nitrogens with two attached hydrogens (primary N) is 1. The van der Waals surface area contributed by atoms with Crippen molar-refractivity contribution in [2.45, 2.75) is 31.6 Å². The van der Waals surface area contributed by atoms with Gasteiger partial charge in [0.15, 0.2) is 17.5 Å². The van der Waals surface area contributed by atoms with E-state index in [0.717, 1.165) is 12.1 Å². The van der Waals surface area contributed by atoms with Crippen molar-refractivity contribution in [1.82, 2.24) is 19.5 Å². The van der Waals surface area contributed by atoms with Gasteiger partial charge in [-0.05, 0) is 13.3 Å². The first-order chi connectivity index (χ1) is 13.3. The van der Waals surface area contributed by atoms with E-state index in [-0.39, 0.29) is 18.5 Å². The standard InChI is InChI=1S/C18H18ClF3N6/c1-9(17-24-6-10(19)7-25-17)28-16-5-13(22)12(21)4-15(16)26-18(28)27-3-2-11(20)14(23)8-27/h4-7,9,11,14H,2-3,8,23H2,1H3/t9-,11-,14-/m1/s1. The Labute approximate surface area is 164 Å². The molecule has 1 saturated heterocycles. The average molecular weight is 411 g/mol. The fourth-order valence-corrected chi connectivity index (χ4v) is 3.57. The first kappa shape index (κ1) is 18.9. The van der Waals surface area contributed by atoms with Gasteiger partial charge in [0.25, 0.3) is 0 Å². The van der Waals surface area contributed by atoms with E-state index >= 15 is 0 Å². The molecule has 2 N–H and O–H groups in total. The minimum atomic E-state index is -1.10. The molecule has 0 radical (unpaired) electrons. The molecule has 0 amide bonds. The lowest BCUT2D eigenvalue weighted by Gasteiger charge is -2.34. The highest BCUT2D eigenvalue weighted by Gasteiger charge is 2.31. The summed E-state index contributed by atoms with van der Waals surface area (Å²) in [6.07, 6.45) is 2.08. The van der Waals surface area contributed by atoms with Gasteiger partial charge in [-0.3, -0.25) is 4.57 Å². The molecule has 0 saturated carbocycles. The van der Waals surface area contributed by atoms with Crippen LogP contribution < -0.4 is 10.6 Å². The number of hydrogen-bond acceptors (Lipinski definition) is 5. The second-order valence-corrected chi connectivity index (χ2v) is 7.32. The van der Waals surface area contributed by atoms with Crippen LogP contribution in [0, 0.1) is 11.6 Å². The Balaban J connectivity index is 1.86. The molecule has 10 heteroatoms. The first-order valence-electron chi connectivity index (χ1n) is 8.84. The van der Waals surface area contributed by atoms with Crippen LogP contribution in [0.1, 0.15) is 25.2 Å². The second kappa shape index (κ2) is 7.21. The molecule has 148 valence electrons. The first-order valence-corrected chi connectivity index (χ1v) is 9.22. The zero-order valence-electron chi connectivity index (χ0n) is 15.0. The van der Waals surface area contributed by atoms with Crippen LogP contribution in [0.25, 0.3) is 11.0 Å². The molecule has 0 bridgehead atoms. The number of anilines is 1. The van der Waals surface area contributed by atoms with Gasteiger partial charge in [0.05, 0.1) is 28.1 Å². The molecule has 6 nitrogen and oxygen atoms in total. The molecular weight excluding hydrogens is 393 g/mol. The summed E-state index contributed by atoms with van der Waals surface area (Å²) in [5.41, 5.74) is 6.56. The third kappa shape index (κ3) is 3.29. The summed E-state index contributed by atoms with van der Waals surface area (Å²) in [6, 6.07) is 1.01. The van der Waals surface area contributed by atoms with E-state index in [1.807, 2.05) is 11.8 Å². The molecule has 3 atom stereocenters. The Morgan fingerprint density at radius 1 is 1.21 bits per heavy atom. The van der Waals surface area contributed by atoms with Crippen LogP contribution >= 0.6 is 11.6 Å².